The van der Waals surface area contributed by atoms with Gasteiger partial charge in [0.1, 0.15) is 18.3 Å². The summed E-state index contributed by atoms with van der Waals surface area (Å²) < 4.78 is 35.4. The van der Waals surface area contributed by atoms with Crippen molar-refractivity contribution in [1.82, 2.24) is 10.2 Å². The van der Waals surface area contributed by atoms with Gasteiger partial charge in [-0.2, -0.15) is 0 Å². The normalized spacial score (nSPS) is 11.8. The number of amides is 2. The number of para-hydroxylation sites is 1. The Labute approximate surface area is 274 Å². The molecule has 0 aliphatic heterocycles. The zero-order valence-electron chi connectivity index (χ0n) is 25.4. The number of hydrogen-bond donors (Lipinski definition) is 1. The number of nitrogens with zero attached hydrogens (tertiary/aromatic N) is 2. The molecular formula is C35H38BrN3O5S. The van der Waals surface area contributed by atoms with Crippen molar-refractivity contribution in [2.45, 2.75) is 43.7 Å². The van der Waals surface area contributed by atoms with Crippen molar-refractivity contribution in [2.24, 2.45) is 0 Å². The van der Waals surface area contributed by atoms with Crippen LogP contribution in [0.1, 0.15) is 30.9 Å². The monoisotopic (exact) mass is 691 g/mol. The third-order valence-electron chi connectivity index (χ3n) is 7.34. The molecule has 236 valence electrons. The van der Waals surface area contributed by atoms with Gasteiger partial charge in [0.25, 0.3) is 10.0 Å². The van der Waals surface area contributed by atoms with E-state index in [0.717, 1.165) is 32.7 Å². The summed E-state index contributed by atoms with van der Waals surface area (Å²) in [6.45, 7) is 2.11. The molecule has 10 heteroatoms. The summed E-state index contributed by atoms with van der Waals surface area (Å²) in [6.07, 6.45) is 1.96. The number of ether oxygens (including phenoxy) is 1. The van der Waals surface area contributed by atoms with Gasteiger partial charge in [0.15, 0.2) is 0 Å². The van der Waals surface area contributed by atoms with Crippen molar-refractivity contribution in [3.8, 4) is 5.75 Å². The van der Waals surface area contributed by atoms with Crippen LogP contribution >= 0.6 is 15.9 Å². The molecule has 4 aromatic carbocycles. The van der Waals surface area contributed by atoms with Crippen LogP contribution in [0.4, 0.5) is 5.69 Å². The van der Waals surface area contributed by atoms with Crippen molar-refractivity contribution in [1.29, 1.82) is 0 Å². The highest BCUT2D eigenvalue weighted by atomic mass is 79.9. The zero-order chi connectivity index (χ0) is 32.2. The Kier molecular flexibility index (Phi) is 12.2. The highest BCUT2D eigenvalue weighted by Crippen LogP contribution is 2.26. The number of unbranched alkanes of at least 4 members (excludes halogenated alkanes) is 1. The largest absolute Gasteiger partial charge is 0.497 e. The Morgan fingerprint density at radius 2 is 1.47 bits per heavy atom. The number of benzene rings is 4. The summed E-state index contributed by atoms with van der Waals surface area (Å²) in [5.41, 5.74) is 2.01. The molecule has 0 radical (unpaired) electrons. The summed E-state index contributed by atoms with van der Waals surface area (Å²) in [4.78, 5) is 29.8. The lowest BCUT2D eigenvalue weighted by Gasteiger charge is -2.34. The van der Waals surface area contributed by atoms with Gasteiger partial charge in [-0.15, -0.1) is 0 Å². The number of carbonyl (C=O) groups excluding carboxylic acids is 2. The topological polar surface area (TPSA) is 96.0 Å². The fraction of sp³-hybridized carbons (Fsp3) is 0.257. The average molecular weight is 693 g/mol. The van der Waals surface area contributed by atoms with Gasteiger partial charge < -0.3 is 15.0 Å². The molecule has 8 nitrogen and oxygen atoms in total. The van der Waals surface area contributed by atoms with Crippen LogP contribution in [0.25, 0.3) is 0 Å². The van der Waals surface area contributed by atoms with Crippen LogP contribution in [0.5, 0.6) is 5.75 Å². The molecule has 0 saturated carbocycles. The molecule has 1 atom stereocenters. The highest BCUT2D eigenvalue weighted by molar-refractivity contribution is 9.10. The number of rotatable bonds is 15. The van der Waals surface area contributed by atoms with Gasteiger partial charge in [-0.05, 0) is 66.1 Å². The molecule has 0 aromatic heterocycles. The van der Waals surface area contributed by atoms with Crippen LogP contribution in [0, 0.1) is 0 Å². The summed E-state index contributed by atoms with van der Waals surface area (Å²) in [7, 11) is -2.68. The van der Waals surface area contributed by atoms with E-state index in [2.05, 4.69) is 21.2 Å². The third kappa shape index (κ3) is 9.18. The average Bonchev–Trinajstić information content (AvgIpc) is 3.06. The number of carbonyl (C=O) groups is 2. The second kappa shape index (κ2) is 16.2. The van der Waals surface area contributed by atoms with Crippen LogP contribution < -0.4 is 14.4 Å². The lowest BCUT2D eigenvalue weighted by molar-refractivity contribution is -0.140. The highest BCUT2D eigenvalue weighted by Gasteiger charge is 2.34. The summed E-state index contributed by atoms with van der Waals surface area (Å²) in [5.74, 6) is -0.290. The SMILES string of the molecule is CCCCNC(=O)[C@H](Cc1ccccc1)N(Cc1ccc(Br)cc1)C(=O)CN(c1ccccc1)S(=O)(=O)c1ccc(OC)cc1. The predicted octanol–water partition coefficient (Wildman–Crippen LogP) is 6.21. The van der Waals surface area contributed by atoms with Crippen molar-refractivity contribution < 1.29 is 22.7 Å². The van der Waals surface area contributed by atoms with Gasteiger partial charge in [0, 0.05) is 24.0 Å². The minimum atomic E-state index is -4.19. The fourth-order valence-corrected chi connectivity index (χ4v) is 6.52. The van der Waals surface area contributed by atoms with Crippen LogP contribution in [-0.2, 0) is 32.6 Å². The standard InChI is InChI=1S/C35H38BrN3O5S/c1-3-4-23-37-35(41)33(24-27-11-7-5-8-12-27)38(25-28-15-17-29(36)18-16-28)34(40)26-39(30-13-9-6-10-14-30)45(42,43)32-21-19-31(44-2)20-22-32/h5-22,33H,3-4,23-26H2,1-2H3,(H,37,41)/t33-/m0/s1. The summed E-state index contributed by atoms with van der Waals surface area (Å²) in [6, 6.07) is 30.6. The predicted molar refractivity (Wildman–Crippen MR) is 181 cm³/mol. The first-order valence-electron chi connectivity index (χ1n) is 14.8. The molecule has 0 unspecified atom stereocenters. The van der Waals surface area contributed by atoms with E-state index in [1.807, 2.05) is 61.5 Å². The Morgan fingerprint density at radius 1 is 0.844 bits per heavy atom. The first-order chi connectivity index (χ1) is 21.7. The minimum absolute atomic E-state index is 0.0116. The Bertz CT molecular complexity index is 1630. The van der Waals surface area contributed by atoms with Gasteiger partial charge in [-0.3, -0.25) is 13.9 Å². The van der Waals surface area contributed by atoms with E-state index in [1.165, 1.54) is 24.1 Å². The molecule has 45 heavy (non-hydrogen) atoms. The number of nitrogens with one attached hydrogen (secondary N) is 1. The van der Waals surface area contributed by atoms with Crippen molar-refractivity contribution in [2.75, 3.05) is 24.5 Å². The van der Waals surface area contributed by atoms with Crippen molar-refractivity contribution in [3.63, 3.8) is 0 Å². The van der Waals surface area contributed by atoms with Crippen molar-refractivity contribution in [3.05, 3.63) is 125 Å². The molecule has 2 amide bonds. The summed E-state index contributed by atoms with van der Waals surface area (Å²) >= 11 is 3.46. The maximum absolute atomic E-state index is 14.5. The molecule has 0 spiro atoms. The van der Waals surface area contributed by atoms with E-state index in [1.54, 1.807) is 42.5 Å². The van der Waals surface area contributed by atoms with Gasteiger partial charge in [-0.25, -0.2) is 8.42 Å². The van der Waals surface area contributed by atoms with E-state index in [9.17, 15) is 18.0 Å². The molecular weight excluding hydrogens is 654 g/mol. The zero-order valence-corrected chi connectivity index (χ0v) is 27.8. The molecule has 0 aliphatic rings. The molecule has 0 saturated heterocycles. The molecule has 0 aliphatic carbocycles. The first kappa shape index (κ1) is 33.7. The van der Waals surface area contributed by atoms with Crippen molar-refractivity contribution >= 4 is 43.5 Å². The van der Waals surface area contributed by atoms with Gasteiger partial charge in [0.05, 0.1) is 17.7 Å². The molecule has 1 N–H and O–H groups in total. The lowest BCUT2D eigenvalue weighted by Crippen LogP contribution is -2.53. The Morgan fingerprint density at radius 3 is 2.07 bits per heavy atom. The minimum Gasteiger partial charge on any atom is -0.497 e. The lowest BCUT2D eigenvalue weighted by atomic mass is 10.0. The Balaban J connectivity index is 1.76. The fourth-order valence-electron chi connectivity index (χ4n) is 4.84. The first-order valence-corrected chi connectivity index (χ1v) is 17.0. The van der Waals surface area contributed by atoms with Crippen LogP contribution in [0.3, 0.4) is 0 Å². The molecule has 4 aromatic rings. The quantitative estimate of drug-likeness (QED) is 0.150. The molecule has 0 fully saturated rings. The van der Waals surface area contributed by atoms with E-state index >= 15 is 0 Å². The maximum Gasteiger partial charge on any atom is 0.264 e. The third-order valence-corrected chi connectivity index (χ3v) is 9.65. The van der Waals surface area contributed by atoms with E-state index in [0.29, 0.717) is 18.0 Å². The number of methoxy groups -OCH3 is 1. The number of sulfonamides is 1. The number of anilines is 1. The maximum atomic E-state index is 14.5. The number of halogens is 1. The summed E-state index contributed by atoms with van der Waals surface area (Å²) in [5, 5.41) is 3.00. The smallest absolute Gasteiger partial charge is 0.264 e. The van der Waals surface area contributed by atoms with E-state index in [-0.39, 0.29) is 23.8 Å². The van der Waals surface area contributed by atoms with Crippen LogP contribution in [0.15, 0.2) is 119 Å². The van der Waals surface area contributed by atoms with Crippen LogP contribution in [-0.4, -0.2) is 51.4 Å². The molecule has 4 rings (SSSR count). The van der Waals surface area contributed by atoms with Gasteiger partial charge in [0.2, 0.25) is 11.8 Å². The second-order valence-electron chi connectivity index (χ2n) is 10.5. The number of hydrogen-bond acceptors (Lipinski definition) is 5. The Hall–Kier alpha value is -4.15. The second-order valence-corrected chi connectivity index (χ2v) is 13.3. The molecule has 0 heterocycles. The molecule has 0 bridgehead atoms. The van der Waals surface area contributed by atoms with Crippen LogP contribution in [0.2, 0.25) is 0 Å². The van der Waals surface area contributed by atoms with E-state index in [4.69, 9.17) is 4.74 Å². The van der Waals surface area contributed by atoms with E-state index < -0.39 is 28.5 Å². The van der Waals surface area contributed by atoms with Gasteiger partial charge >= 0.3 is 0 Å². The van der Waals surface area contributed by atoms with Gasteiger partial charge in [-0.1, -0.05) is 89.9 Å².